The molecule has 1 atom stereocenters. The quantitative estimate of drug-likeness (QED) is 0.135. The summed E-state index contributed by atoms with van der Waals surface area (Å²) >= 11 is 0. The van der Waals surface area contributed by atoms with Crippen LogP contribution in [0, 0.1) is 0 Å². The molecule has 98 heavy (non-hydrogen) atoms. The Bertz CT molecular complexity index is 6290. The zero-order valence-corrected chi connectivity index (χ0v) is 53.5. The van der Waals surface area contributed by atoms with Crippen LogP contribution in [-0.4, -0.2) is 27.4 Å². The second-order valence-corrected chi connectivity index (χ2v) is 26.3. The maximum absolute atomic E-state index is 16.4. The standard InChI is InChI=1S/C91H62N6O/c98-91-96(71-55-63(59-37-45-67(46-38-59)92-81-27-9-1-19-73(81)74-20-2-10-28-82(74)92)53-64(56-71)60-39-47-68(48-40-60)93-83-29-11-3-21-75(83)76-22-4-12-30-84(76)93)89-35-17-18-36-90(89)97(91)72-57-65(61-41-49-69(50-42-61)94-85-31-13-5-23-77(85)78-24-6-14-32-86(78)94)54-66(58-72)62-43-51-70(52-44-62)95-87-33-15-7-25-79(87)80-26-8-16-34-88(80)95/h1-15,17-33,35-52,54-58,63H,16,34,53H2. The molecule has 2 aliphatic rings. The molecule has 18 aromatic rings. The first kappa shape index (κ1) is 55.7. The van der Waals surface area contributed by atoms with Crippen LogP contribution in [0.1, 0.15) is 41.1 Å². The summed E-state index contributed by atoms with van der Waals surface area (Å²) in [6, 6.07) is 112. The molecular formula is C91H62N6O. The van der Waals surface area contributed by atoms with Gasteiger partial charge in [-0.1, -0.05) is 206 Å². The fourth-order valence-corrected chi connectivity index (χ4v) is 16.4. The van der Waals surface area contributed by atoms with Crippen LogP contribution in [-0.2, 0) is 6.42 Å². The van der Waals surface area contributed by atoms with Crippen LogP contribution >= 0.6 is 0 Å². The molecule has 7 nitrogen and oxygen atoms in total. The summed E-state index contributed by atoms with van der Waals surface area (Å²) in [7, 11) is 0. The number of nitrogens with zero attached hydrogens (tertiary/aromatic N) is 6. The molecule has 20 rings (SSSR count). The van der Waals surface area contributed by atoms with Crippen LogP contribution in [0.25, 0.3) is 155 Å². The van der Waals surface area contributed by atoms with Crippen LogP contribution in [0.5, 0.6) is 0 Å². The Morgan fingerprint density at radius 1 is 0.296 bits per heavy atom. The smallest absolute Gasteiger partial charge is 0.313 e. The molecule has 0 aliphatic heterocycles. The van der Waals surface area contributed by atoms with Crippen LogP contribution < -0.4 is 5.69 Å². The number of fused-ring (bicyclic) bond motifs is 13. The molecule has 0 amide bonds. The lowest BCUT2D eigenvalue weighted by Gasteiger charge is -2.24. The Balaban J connectivity index is 0.742. The topological polar surface area (TPSA) is 46.6 Å². The number of imidazole rings is 1. The van der Waals surface area contributed by atoms with Crippen molar-refractivity contribution in [3.63, 3.8) is 0 Å². The SMILES string of the molecule is O=c1n(C2=CC(c3ccc(-n4c5ccccc5c5ccccc54)cc3)CC(c3ccc(-n4c5ccccc5c5ccccc54)cc3)=C2)c2ccccc2n1-c1cc(-c2ccc(-n3c4c(c5ccccc53)C=CCC4)cc2)cc(-c2ccc(-n3c4ccccc4c4ccccc43)cc2)c1. The molecule has 0 saturated carbocycles. The van der Waals surface area contributed by atoms with Gasteiger partial charge in [-0.2, -0.15) is 0 Å². The minimum absolute atomic E-state index is 0.0712. The van der Waals surface area contributed by atoms with Crippen LogP contribution in [0.2, 0.25) is 0 Å². The molecule has 0 bridgehead atoms. The van der Waals surface area contributed by atoms with Crippen LogP contribution in [0.15, 0.2) is 332 Å². The van der Waals surface area contributed by atoms with Gasteiger partial charge in [-0.05, 0) is 186 Å². The Morgan fingerprint density at radius 2 is 0.653 bits per heavy atom. The highest BCUT2D eigenvalue weighted by Crippen LogP contribution is 2.43. The third-order valence-electron chi connectivity index (χ3n) is 20.9. The van der Waals surface area contributed by atoms with E-state index in [2.05, 4.69) is 352 Å². The number of rotatable bonds is 10. The molecule has 13 aromatic carbocycles. The molecule has 0 radical (unpaired) electrons. The van der Waals surface area contributed by atoms with Gasteiger partial charge in [-0.15, -0.1) is 0 Å². The van der Waals surface area contributed by atoms with E-state index in [-0.39, 0.29) is 11.6 Å². The summed E-state index contributed by atoms with van der Waals surface area (Å²) in [6.07, 6.45) is 11.9. The fraction of sp³-hybridized carbons (Fsp3) is 0.0440. The van der Waals surface area contributed by atoms with E-state index in [4.69, 9.17) is 0 Å². The third-order valence-corrected chi connectivity index (χ3v) is 20.9. The third kappa shape index (κ3) is 8.72. The van der Waals surface area contributed by atoms with Gasteiger partial charge in [0.1, 0.15) is 0 Å². The predicted octanol–water partition coefficient (Wildman–Crippen LogP) is 22.4. The van der Waals surface area contributed by atoms with Gasteiger partial charge in [-0.3, -0.25) is 9.13 Å². The average molecular weight is 1260 g/mol. The summed E-state index contributed by atoms with van der Waals surface area (Å²) in [6.45, 7) is 0. The number of hydrogen-bond donors (Lipinski definition) is 0. The highest BCUT2D eigenvalue weighted by atomic mass is 16.1. The van der Waals surface area contributed by atoms with Crippen LogP contribution in [0.3, 0.4) is 0 Å². The predicted molar refractivity (Wildman–Crippen MR) is 408 cm³/mol. The van der Waals surface area contributed by atoms with Crippen molar-refractivity contribution < 1.29 is 0 Å². The molecule has 5 heterocycles. The number of para-hydroxylation sites is 9. The Morgan fingerprint density at radius 3 is 1.09 bits per heavy atom. The first-order valence-electron chi connectivity index (χ1n) is 34.0. The van der Waals surface area contributed by atoms with E-state index in [9.17, 15) is 0 Å². The maximum Gasteiger partial charge on any atom is 0.338 e. The van der Waals surface area contributed by atoms with Crippen molar-refractivity contribution in [3.8, 4) is 50.7 Å². The minimum Gasteiger partial charge on any atom is -0.313 e. The van der Waals surface area contributed by atoms with Crippen molar-refractivity contribution in [2.75, 3.05) is 0 Å². The lowest BCUT2D eigenvalue weighted by Crippen LogP contribution is -2.23. The van der Waals surface area contributed by atoms with E-state index >= 15 is 4.79 Å². The van der Waals surface area contributed by atoms with Crippen molar-refractivity contribution in [3.05, 3.63) is 360 Å². The summed E-state index contributed by atoms with van der Waals surface area (Å²) in [4.78, 5) is 16.4. The zero-order valence-electron chi connectivity index (χ0n) is 53.5. The molecule has 0 spiro atoms. The molecule has 0 fully saturated rings. The Kier molecular flexibility index (Phi) is 12.6. The van der Waals surface area contributed by atoms with Crippen molar-refractivity contribution in [1.82, 2.24) is 27.4 Å². The first-order chi connectivity index (χ1) is 48.5. The summed E-state index contributed by atoms with van der Waals surface area (Å²) in [5, 5.41) is 8.65. The van der Waals surface area contributed by atoms with Crippen molar-refractivity contribution in [2.24, 2.45) is 0 Å². The van der Waals surface area contributed by atoms with Gasteiger partial charge >= 0.3 is 5.69 Å². The maximum atomic E-state index is 16.4. The molecular weight excluding hydrogens is 1190 g/mol. The molecule has 0 saturated heterocycles. The molecule has 462 valence electrons. The van der Waals surface area contributed by atoms with Gasteiger partial charge < -0.3 is 18.3 Å². The van der Waals surface area contributed by atoms with E-state index in [0.29, 0.717) is 0 Å². The normalized spacial score (nSPS) is 14.0. The lowest BCUT2D eigenvalue weighted by atomic mass is 9.84. The molecule has 0 N–H and O–H groups in total. The zero-order chi connectivity index (χ0) is 64.5. The average Bonchev–Trinajstić information content (AvgIpc) is 1.60. The van der Waals surface area contributed by atoms with Gasteiger partial charge in [-0.25, -0.2) is 4.79 Å². The lowest BCUT2D eigenvalue weighted by molar-refractivity contribution is 0.851. The summed E-state index contributed by atoms with van der Waals surface area (Å²) in [5.74, 6) is -0.0712. The van der Waals surface area contributed by atoms with E-state index in [1.165, 1.54) is 82.1 Å². The second kappa shape index (κ2) is 22.2. The van der Waals surface area contributed by atoms with Gasteiger partial charge in [0.25, 0.3) is 0 Å². The Labute approximate surface area is 565 Å². The first-order valence-corrected chi connectivity index (χ1v) is 34.0. The van der Waals surface area contributed by atoms with Crippen molar-refractivity contribution in [2.45, 2.75) is 25.2 Å². The van der Waals surface area contributed by atoms with E-state index in [1.807, 2.05) is 9.13 Å². The summed E-state index contributed by atoms with van der Waals surface area (Å²) in [5.41, 5.74) is 25.9. The number of allylic oxidation sites excluding steroid dienone is 5. The van der Waals surface area contributed by atoms with E-state index in [1.54, 1.807) is 0 Å². The monoisotopic (exact) mass is 1250 g/mol. The number of hydrogen-bond acceptors (Lipinski definition) is 1. The molecule has 7 heteroatoms. The number of aromatic nitrogens is 6. The molecule has 1 unspecified atom stereocenters. The highest BCUT2D eigenvalue weighted by Gasteiger charge is 2.26. The Hall–Kier alpha value is -12.7. The molecule has 2 aliphatic carbocycles. The van der Waals surface area contributed by atoms with Gasteiger partial charge in [0.15, 0.2) is 0 Å². The highest BCUT2D eigenvalue weighted by molar-refractivity contribution is 6.11. The van der Waals surface area contributed by atoms with Gasteiger partial charge in [0, 0.05) is 83.3 Å². The van der Waals surface area contributed by atoms with Crippen molar-refractivity contribution >= 4 is 105 Å². The van der Waals surface area contributed by atoms with Crippen molar-refractivity contribution in [1.29, 1.82) is 0 Å². The number of benzene rings is 13. The van der Waals surface area contributed by atoms with Gasteiger partial charge in [0.05, 0.1) is 55.3 Å². The van der Waals surface area contributed by atoms with E-state index < -0.39 is 0 Å². The summed E-state index contributed by atoms with van der Waals surface area (Å²) < 4.78 is 13.5. The van der Waals surface area contributed by atoms with Gasteiger partial charge in [0.2, 0.25) is 0 Å². The largest absolute Gasteiger partial charge is 0.338 e. The van der Waals surface area contributed by atoms with E-state index in [0.717, 1.165) is 109 Å². The molecule has 5 aromatic heterocycles. The minimum atomic E-state index is -0.143. The fourth-order valence-electron chi connectivity index (χ4n) is 16.4. The second-order valence-electron chi connectivity index (χ2n) is 26.3. The van der Waals surface area contributed by atoms with Crippen LogP contribution in [0.4, 0.5) is 0 Å².